The zero-order chi connectivity index (χ0) is 14.7. The quantitative estimate of drug-likeness (QED) is 0.647. The molecule has 106 valence electrons. The van der Waals surface area contributed by atoms with Crippen LogP contribution < -0.4 is 10.6 Å². The molecule has 0 bridgehead atoms. The Morgan fingerprint density at radius 1 is 1.50 bits per heavy atom. The van der Waals surface area contributed by atoms with Gasteiger partial charge in [-0.25, -0.2) is 0 Å². The minimum absolute atomic E-state index is 0.115. The zero-order valence-electron chi connectivity index (χ0n) is 10.4. The zero-order valence-corrected chi connectivity index (χ0v) is 11.1. The number of nitro groups is 1. The van der Waals surface area contributed by atoms with Gasteiger partial charge in [-0.3, -0.25) is 19.7 Å². The number of hydrogen-bond acceptors (Lipinski definition) is 4. The summed E-state index contributed by atoms with van der Waals surface area (Å²) in [4.78, 5) is 33.9. The van der Waals surface area contributed by atoms with E-state index in [-0.39, 0.29) is 16.5 Å². The Hall–Kier alpha value is -2.15. The van der Waals surface area contributed by atoms with Crippen LogP contribution in [0.5, 0.6) is 0 Å². The number of carbonyl (C=O) groups excluding carboxylic acids is 2. The van der Waals surface area contributed by atoms with Crippen molar-refractivity contribution in [1.29, 1.82) is 0 Å². The molecule has 20 heavy (non-hydrogen) atoms. The number of para-hydroxylation sites is 1. The van der Waals surface area contributed by atoms with Crippen LogP contribution in [-0.4, -0.2) is 29.3 Å². The van der Waals surface area contributed by atoms with Gasteiger partial charge in [0.1, 0.15) is 16.6 Å². The first-order chi connectivity index (χ1) is 9.50. The molecule has 1 aromatic rings. The second-order valence-corrected chi connectivity index (χ2v) is 4.76. The van der Waals surface area contributed by atoms with Gasteiger partial charge >= 0.3 is 5.69 Å². The number of piperidine rings is 1. The normalized spacial score (nSPS) is 18.2. The summed E-state index contributed by atoms with van der Waals surface area (Å²) in [5.74, 6) is -0.962. The molecule has 0 aromatic heterocycles. The number of carbonyl (C=O) groups is 2. The van der Waals surface area contributed by atoms with Crippen LogP contribution in [0.4, 0.5) is 5.69 Å². The number of halogens is 1. The van der Waals surface area contributed by atoms with Gasteiger partial charge in [0.05, 0.1) is 4.92 Å². The van der Waals surface area contributed by atoms with Gasteiger partial charge in [0.15, 0.2) is 0 Å². The molecule has 1 aliphatic rings. The highest BCUT2D eigenvalue weighted by atomic mass is 35.5. The molecule has 0 saturated carbocycles. The van der Waals surface area contributed by atoms with Gasteiger partial charge in [0.25, 0.3) is 5.91 Å². The average molecular weight is 298 g/mol. The fourth-order valence-electron chi connectivity index (χ4n) is 2.03. The summed E-state index contributed by atoms with van der Waals surface area (Å²) in [6, 6.07) is 3.42. The number of hydrogen-bond donors (Lipinski definition) is 2. The summed E-state index contributed by atoms with van der Waals surface area (Å²) in [5, 5.41) is 16.0. The molecule has 1 atom stereocenters. The molecule has 0 aliphatic carbocycles. The topological polar surface area (TPSA) is 101 Å². The van der Waals surface area contributed by atoms with Crippen LogP contribution in [0.15, 0.2) is 18.2 Å². The van der Waals surface area contributed by atoms with Crippen LogP contribution in [0.1, 0.15) is 23.2 Å². The maximum atomic E-state index is 12.1. The molecule has 1 aliphatic heterocycles. The van der Waals surface area contributed by atoms with E-state index in [0.717, 1.165) is 6.42 Å². The number of benzene rings is 1. The molecule has 1 aromatic carbocycles. The molecular weight excluding hydrogens is 286 g/mol. The summed E-state index contributed by atoms with van der Waals surface area (Å²) in [6.07, 6.45) is 1.25. The molecular formula is C12H12ClN3O4. The van der Waals surface area contributed by atoms with Crippen LogP contribution in [0.3, 0.4) is 0 Å². The third-order valence-corrected chi connectivity index (χ3v) is 3.31. The van der Waals surface area contributed by atoms with Crippen molar-refractivity contribution in [3.05, 3.63) is 38.9 Å². The molecule has 0 radical (unpaired) electrons. The van der Waals surface area contributed by atoms with Crippen molar-refractivity contribution in [2.75, 3.05) is 6.54 Å². The summed E-state index contributed by atoms with van der Waals surface area (Å²) < 4.78 is 0. The van der Waals surface area contributed by atoms with E-state index in [1.165, 1.54) is 18.2 Å². The van der Waals surface area contributed by atoms with Gasteiger partial charge in [-0.15, -0.1) is 0 Å². The Morgan fingerprint density at radius 3 is 2.90 bits per heavy atom. The third-order valence-electron chi connectivity index (χ3n) is 3.00. The summed E-state index contributed by atoms with van der Waals surface area (Å²) in [5.41, 5.74) is -0.608. The molecule has 1 saturated heterocycles. The molecule has 1 heterocycles. The first kappa shape index (κ1) is 14.3. The first-order valence-electron chi connectivity index (χ1n) is 6.02. The Bertz CT molecular complexity index is 576. The molecule has 2 rings (SSSR count). The lowest BCUT2D eigenvalue weighted by atomic mass is 10.1. The van der Waals surface area contributed by atoms with E-state index in [1.54, 1.807) is 0 Å². The SMILES string of the molecule is O=C(NC1CCCNC1=O)c1cccc(Cl)c1[N+](=O)[O-]. The van der Waals surface area contributed by atoms with Crippen LogP contribution in [0.2, 0.25) is 5.02 Å². The van der Waals surface area contributed by atoms with E-state index in [2.05, 4.69) is 10.6 Å². The average Bonchev–Trinajstić information content (AvgIpc) is 2.40. The van der Waals surface area contributed by atoms with E-state index in [4.69, 9.17) is 11.6 Å². The lowest BCUT2D eigenvalue weighted by Crippen LogP contribution is -2.50. The van der Waals surface area contributed by atoms with E-state index in [1.807, 2.05) is 0 Å². The fraction of sp³-hybridized carbons (Fsp3) is 0.333. The smallest absolute Gasteiger partial charge is 0.300 e. The van der Waals surface area contributed by atoms with Gasteiger partial charge in [0.2, 0.25) is 5.91 Å². The first-order valence-corrected chi connectivity index (χ1v) is 6.40. The second kappa shape index (κ2) is 5.87. The molecule has 1 unspecified atom stereocenters. The van der Waals surface area contributed by atoms with Crippen LogP contribution in [0, 0.1) is 10.1 Å². The van der Waals surface area contributed by atoms with Gasteiger partial charge in [-0.1, -0.05) is 17.7 Å². The Balaban J connectivity index is 2.23. The largest absolute Gasteiger partial charge is 0.354 e. The second-order valence-electron chi connectivity index (χ2n) is 4.35. The van der Waals surface area contributed by atoms with Crippen molar-refractivity contribution in [3.8, 4) is 0 Å². The van der Waals surface area contributed by atoms with E-state index < -0.39 is 22.6 Å². The van der Waals surface area contributed by atoms with E-state index in [9.17, 15) is 19.7 Å². The molecule has 0 spiro atoms. The van der Waals surface area contributed by atoms with Crippen molar-refractivity contribution >= 4 is 29.1 Å². The minimum Gasteiger partial charge on any atom is -0.354 e. The third kappa shape index (κ3) is 2.88. The van der Waals surface area contributed by atoms with Gasteiger partial charge in [-0.05, 0) is 25.0 Å². The standard InChI is InChI=1S/C12H12ClN3O4/c13-8-4-1-3-7(10(8)16(19)20)11(17)15-9-5-2-6-14-12(9)18/h1,3-4,9H,2,5-6H2,(H,14,18)(H,15,17). The number of nitro benzene ring substituents is 1. The van der Waals surface area contributed by atoms with E-state index in [0.29, 0.717) is 13.0 Å². The molecule has 1 fully saturated rings. The highest BCUT2D eigenvalue weighted by Crippen LogP contribution is 2.28. The highest BCUT2D eigenvalue weighted by Gasteiger charge is 2.28. The maximum Gasteiger partial charge on any atom is 0.300 e. The highest BCUT2D eigenvalue weighted by molar-refractivity contribution is 6.33. The number of rotatable bonds is 3. The van der Waals surface area contributed by atoms with Crippen molar-refractivity contribution in [1.82, 2.24) is 10.6 Å². The predicted octanol–water partition coefficient (Wildman–Crippen LogP) is 1.26. The van der Waals surface area contributed by atoms with Crippen LogP contribution in [0.25, 0.3) is 0 Å². The number of nitrogens with one attached hydrogen (secondary N) is 2. The maximum absolute atomic E-state index is 12.1. The molecule has 2 N–H and O–H groups in total. The Kier molecular flexibility index (Phi) is 4.19. The summed E-state index contributed by atoms with van der Waals surface area (Å²) in [7, 11) is 0. The molecule has 2 amide bonds. The van der Waals surface area contributed by atoms with Crippen LogP contribution >= 0.6 is 11.6 Å². The van der Waals surface area contributed by atoms with Crippen LogP contribution in [-0.2, 0) is 4.79 Å². The van der Waals surface area contributed by atoms with Crippen molar-refractivity contribution in [2.45, 2.75) is 18.9 Å². The van der Waals surface area contributed by atoms with Crippen molar-refractivity contribution < 1.29 is 14.5 Å². The van der Waals surface area contributed by atoms with Gasteiger partial charge in [0, 0.05) is 6.54 Å². The summed E-state index contributed by atoms with van der Waals surface area (Å²) >= 11 is 5.74. The lowest BCUT2D eigenvalue weighted by Gasteiger charge is -2.22. The van der Waals surface area contributed by atoms with Gasteiger partial charge < -0.3 is 10.6 Å². The van der Waals surface area contributed by atoms with Crippen molar-refractivity contribution in [3.63, 3.8) is 0 Å². The van der Waals surface area contributed by atoms with Crippen molar-refractivity contribution in [2.24, 2.45) is 0 Å². The Morgan fingerprint density at radius 2 is 2.25 bits per heavy atom. The van der Waals surface area contributed by atoms with E-state index >= 15 is 0 Å². The molecule has 7 nitrogen and oxygen atoms in total. The monoisotopic (exact) mass is 297 g/mol. The number of amides is 2. The van der Waals surface area contributed by atoms with Gasteiger partial charge in [-0.2, -0.15) is 0 Å². The predicted molar refractivity (Wildman–Crippen MR) is 71.6 cm³/mol. The minimum atomic E-state index is -0.710. The molecule has 8 heteroatoms. The summed E-state index contributed by atoms with van der Waals surface area (Å²) in [6.45, 7) is 0.572. The number of nitrogens with zero attached hydrogens (tertiary/aromatic N) is 1. The fourth-order valence-corrected chi connectivity index (χ4v) is 2.27. The Labute approximate surface area is 119 Å². The lowest BCUT2D eigenvalue weighted by molar-refractivity contribution is -0.385.